The first-order chi connectivity index (χ1) is 7.04. The van der Waals surface area contributed by atoms with Crippen LogP contribution >= 0.6 is 15.9 Å². The quantitative estimate of drug-likeness (QED) is 0.724. The molecule has 15 heavy (non-hydrogen) atoms. The minimum Gasteiger partial charge on any atom is -0.340 e. The normalized spacial score (nSPS) is 10.9. The standard InChI is InChI=1S/C12H12BrNO/c1-7-5-4-6-9-10(13)12(8(2)15)14(3)11(7)9/h4-6H,1-3H3. The first-order valence-electron chi connectivity index (χ1n) is 4.78. The molecule has 0 unspecified atom stereocenters. The van der Waals surface area contributed by atoms with E-state index in [0.29, 0.717) is 0 Å². The van der Waals surface area contributed by atoms with Crippen molar-refractivity contribution in [3.8, 4) is 0 Å². The van der Waals surface area contributed by atoms with Crippen LogP contribution < -0.4 is 0 Å². The van der Waals surface area contributed by atoms with Gasteiger partial charge in [-0.2, -0.15) is 0 Å². The Labute approximate surface area is 97.0 Å². The Morgan fingerprint density at radius 2 is 2.07 bits per heavy atom. The van der Waals surface area contributed by atoms with Crippen LogP contribution in [0.2, 0.25) is 0 Å². The number of carbonyl (C=O) groups excluding carboxylic acids is 1. The number of ketones is 1. The maximum Gasteiger partial charge on any atom is 0.177 e. The zero-order chi connectivity index (χ0) is 11.2. The summed E-state index contributed by atoms with van der Waals surface area (Å²) < 4.78 is 2.85. The van der Waals surface area contributed by atoms with Gasteiger partial charge in [0.05, 0.1) is 15.7 Å². The molecule has 0 fully saturated rings. The van der Waals surface area contributed by atoms with E-state index in [-0.39, 0.29) is 5.78 Å². The third kappa shape index (κ3) is 1.42. The molecule has 3 heteroatoms. The van der Waals surface area contributed by atoms with Crippen molar-refractivity contribution in [1.82, 2.24) is 4.57 Å². The molecular formula is C12H12BrNO. The number of nitrogens with zero attached hydrogens (tertiary/aromatic N) is 1. The highest BCUT2D eigenvalue weighted by atomic mass is 79.9. The van der Waals surface area contributed by atoms with Gasteiger partial charge >= 0.3 is 0 Å². The molecule has 1 heterocycles. The summed E-state index contributed by atoms with van der Waals surface area (Å²) in [6.45, 7) is 3.65. The summed E-state index contributed by atoms with van der Waals surface area (Å²) in [5.74, 6) is 0.0833. The molecule has 1 aromatic heterocycles. The van der Waals surface area contributed by atoms with Gasteiger partial charge in [-0.15, -0.1) is 0 Å². The van der Waals surface area contributed by atoms with Crippen molar-refractivity contribution in [2.24, 2.45) is 7.05 Å². The molecule has 0 bridgehead atoms. The number of Topliss-reactive ketones (excluding diaryl/α,β-unsaturated/α-hetero) is 1. The molecule has 2 nitrogen and oxygen atoms in total. The highest BCUT2D eigenvalue weighted by Gasteiger charge is 2.16. The minimum atomic E-state index is 0.0833. The highest BCUT2D eigenvalue weighted by molar-refractivity contribution is 9.10. The van der Waals surface area contributed by atoms with Crippen LogP contribution in [0.5, 0.6) is 0 Å². The van der Waals surface area contributed by atoms with Crippen LogP contribution in [0.4, 0.5) is 0 Å². The van der Waals surface area contributed by atoms with E-state index >= 15 is 0 Å². The number of para-hydroxylation sites is 1. The third-order valence-electron chi connectivity index (χ3n) is 2.69. The largest absolute Gasteiger partial charge is 0.340 e. The molecule has 2 rings (SSSR count). The predicted molar refractivity (Wildman–Crippen MR) is 65.4 cm³/mol. The number of fused-ring (bicyclic) bond motifs is 1. The van der Waals surface area contributed by atoms with Gasteiger partial charge in [-0.3, -0.25) is 4.79 Å². The Hall–Kier alpha value is -1.09. The molecule has 0 aliphatic carbocycles. The van der Waals surface area contributed by atoms with Crippen LogP contribution in [0, 0.1) is 6.92 Å². The van der Waals surface area contributed by atoms with Crippen LogP contribution in [-0.4, -0.2) is 10.4 Å². The van der Waals surface area contributed by atoms with E-state index in [9.17, 15) is 4.79 Å². The first-order valence-corrected chi connectivity index (χ1v) is 5.57. The van der Waals surface area contributed by atoms with Crippen molar-refractivity contribution in [3.63, 3.8) is 0 Å². The molecule has 0 radical (unpaired) electrons. The van der Waals surface area contributed by atoms with E-state index in [2.05, 4.69) is 28.9 Å². The number of benzene rings is 1. The zero-order valence-corrected chi connectivity index (χ0v) is 10.6. The van der Waals surface area contributed by atoms with E-state index < -0.39 is 0 Å². The van der Waals surface area contributed by atoms with Crippen molar-refractivity contribution in [2.75, 3.05) is 0 Å². The molecule has 2 aromatic rings. The van der Waals surface area contributed by atoms with Crippen molar-refractivity contribution in [2.45, 2.75) is 13.8 Å². The highest BCUT2D eigenvalue weighted by Crippen LogP contribution is 2.32. The van der Waals surface area contributed by atoms with Gasteiger partial charge in [-0.05, 0) is 28.4 Å². The summed E-state index contributed by atoms with van der Waals surface area (Å²) in [6, 6.07) is 6.09. The van der Waals surface area contributed by atoms with E-state index in [1.807, 2.05) is 23.7 Å². The second-order valence-electron chi connectivity index (χ2n) is 3.75. The van der Waals surface area contributed by atoms with Crippen LogP contribution in [0.15, 0.2) is 22.7 Å². The Kier molecular flexibility index (Phi) is 2.43. The van der Waals surface area contributed by atoms with E-state index in [1.54, 1.807) is 6.92 Å². The molecule has 78 valence electrons. The summed E-state index contributed by atoms with van der Waals surface area (Å²) in [5, 5.41) is 1.10. The molecule has 1 aromatic carbocycles. The summed E-state index contributed by atoms with van der Waals surface area (Å²) >= 11 is 3.50. The smallest absolute Gasteiger partial charge is 0.177 e. The summed E-state index contributed by atoms with van der Waals surface area (Å²) in [5.41, 5.74) is 3.04. The van der Waals surface area contributed by atoms with Crippen molar-refractivity contribution < 1.29 is 4.79 Å². The average molecular weight is 266 g/mol. The topological polar surface area (TPSA) is 22.0 Å². The number of halogens is 1. The number of carbonyl (C=O) groups is 1. The van der Waals surface area contributed by atoms with Gasteiger partial charge in [0.15, 0.2) is 5.78 Å². The number of rotatable bonds is 1. The van der Waals surface area contributed by atoms with Crippen molar-refractivity contribution in [1.29, 1.82) is 0 Å². The van der Waals surface area contributed by atoms with Gasteiger partial charge in [-0.1, -0.05) is 18.2 Å². The van der Waals surface area contributed by atoms with Gasteiger partial charge < -0.3 is 4.57 Å². The Bertz CT molecular complexity index is 554. The summed E-state index contributed by atoms with van der Waals surface area (Å²) in [4.78, 5) is 11.5. The lowest BCUT2D eigenvalue weighted by Gasteiger charge is -2.02. The number of hydrogen-bond acceptors (Lipinski definition) is 1. The molecule has 0 amide bonds. The van der Waals surface area contributed by atoms with Crippen LogP contribution in [0.25, 0.3) is 10.9 Å². The summed E-state index contributed by atoms with van der Waals surface area (Å²) in [6.07, 6.45) is 0. The third-order valence-corrected chi connectivity index (χ3v) is 3.49. The predicted octanol–water partition coefficient (Wildman–Crippen LogP) is 3.45. The van der Waals surface area contributed by atoms with Gasteiger partial charge in [-0.25, -0.2) is 0 Å². The molecule has 0 aliphatic heterocycles. The second kappa shape index (κ2) is 3.49. The Morgan fingerprint density at radius 1 is 1.40 bits per heavy atom. The van der Waals surface area contributed by atoms with Crippen molar-refractivity contribution >= 4 is 32.6 Å². The fraction of sp³-hybridized carbons (Fsp3) is 0.250. The minimum absolute atomic E-state index is 0.0833. The zero-order valence-electron chi connectivity index (χ0n) is 8.97. The molecule has 0 saturated heterocycles. The molecule has 0 saturated carbocycles. The number of hydrogen-bond donors (Lipinski definition) is 0. The van der Waals surface area contributed by atoms with Gasteiger partial charge in [0, 0.05) is 19.4 Å². The second-order valence-corrected chi connectivity index (χ2v) is 4.54. The number of aryl methyl sites for hydroxylation is 2. The number of aromatic nitrogens is 1. The van der Waals surface area contributed by atoms with Crippen LogP contribution in [0.1, 0.15) is 23.0 Å². The van der Waals surface area contributed by atoms with Crippen molar-refractivity contribution in [3.05, 3.63) is 33.9 Å². The lowest BCUT2D eigenvalue weighted by atomic mass is 10.2. The average Bonchev–Trinajstić information content (AvgIpc) is 2.40. The fourth-order valence-corrected chi connectivity index (χ4v) is 2.92. The molecular weight excluding hydrogens is 254 g/mol. The van der Waals surface area contributed by atoms with Crippen LogP contribution in [-0.2, 0) is 7.05 Å². The van der Waals surface area contributed by atoms with Gasteiger partial charge in [0.2, 0.25) is 0 Å². The fourth-order valence-electron chi connectivity index (χ4n) is 2.06. The SMILES string of the molecule is CC(=O)c1c(Br)c2cccc(C)c2n1C. The summed E-state index contributed by atoms with van der Waals surface area (Å²) in [7, 11) is 1.93. The van der Waals surface area contributed by atoms with E-state index in [0.717, 1.165) is 21.1 Å². The monoisotopic (exact) mass is 265 g/mol. The van der Waals surface area contributed by atoms with Gasteiger partial charge in [0.1, 0.15) is 0 Å². The Morgan fingerprint density at radius 3 is 2.60 bits per heavy atom. The molecule has 0 aliphatic rings. The maximum atomic E-state index is 11.5. The maximum absolute atomic E-state index is 11.5. The van der Waals surface area contributed by atoms with E-state index in [4.69, 9.17) is 0 Å². The molecule has 0 N–H and O–H groups in total. The first kappa shape index (κ1) is 10.4. The molecule has 0 spiro atoms. The molecule has 0 atom stereocenters. The Balaban J connectivity index is 2.98. The van der Waals surface area contributed by atoms with Gasteiger partial charge in [0.25, 0.3) is 0 Å². The lowest BCUT2D eigenvalue weighted by Crippen LogP contribution is -2.02. The van der Waals surface area contributed by atoms with Crippen LogP contribution in [0.3, 0.4) is 0 Å². The lowest BCUT2D eigenvalue weighted by molar-refractivity contribution is 0.101. The van der Waals surface area contributed by atoms with E-state index in [1.165, 1.54) is 5.56 Å².